The Balaban J connectivity index is 2.04. The van der Waals surface area contributed by atoms with Gasteiger partial charge in [0.25, 0.3) is 0 Å². The Morgan fingerprint density at radius 1 is 1.47 bits per heavy atom. The lowest BCUT2D eigenvalue weighted by molar-refractivity contribution is 0.202. The number of piperidine rings is 1. The zero-order valence-electron chi connectivity index (χ0n) is 8.43. The second-order valence-electron chi connectivity index (χ2n) is 3.81. The fourth-order valence-electron chi connectivity index (χ4n) is 1.87. The van der Waals surface area contributed by atoms with Crippen molar-refractivity contribution in [2.24, 2.45) is 5.92 Å². The molecule has 0 atom stereocenters. The summed E-state index contributed by atoms with van der Waals surface area (Å²) >= 11 is 3.45. The zero-order chi connectivity index (χ0) is 10.7. The number of halogens is 1. The largest absolute Gasteiger partial charge is 0.396 e. The number of aromatic nitrogens is 2. The Kier molecular flexibility index (Phi) is 3.53. The highest BCUT2D eigenvalue weighted by Gasteiger charge is 2.20. The van der Waals surface area contributed by atoms with E-state index in [1.165, 1.54) is 0 Å². The lowest BCUT2D eigenvalue weighted by Gasteiger charge is -2.32. The van der Waals surface area contributed by atoms with Crippen LogP contribution < -0.4 is 4.90 Å². The van der Waals surface area contributed by atoms with Gasteiger partial charge in [-0.05, 0) is 34.7 Å². The molecule has 0 aliphatic carbocycles. The van der Waals surface area contributed by atoms with E-state index in [2.05, 4.69) is 30.8 Å². The summed E-state index contributed by atoms with van der Waals surface area (Å²) in [4.78, 5) is 10.4. The molecule has 1 fully saturated rings. The van der Waals surface area contributed by atoms with Crippen LogP contribution in [0.5, 0.6) is 0 Å². The van der Waals surface area contributed by atoms with Crippen LogP contribution in [0, 0.1) is 5.92 Å². The molecule has 1 aliphatic rings. The summed E-state index contributed by atoms with van der Waals surface area (Å²) in [6.45, 7) is 2.22. The molecule has 0 aromatic carbocycles. The SMILES string of the molecule is OCC1CCN(c2ncncc2Br)CC1. The maximum Gasteiger partial charge on any atom is 0.146 e. The van der Waals surface area contributed by atoms with Gasteiger partial charge in [-0.1, -0.05) is 0 Å². The van der Waals surface area contributed by atoms with Crippen molar-refractivity contribution in [3.63, 3.8) is 0 Å². The fourth-order valence-corrected chi connectivity index (χ4v) is 2.34. The first-order chi connectivity index (χ1) is 7.31. The number of hydrogen-bond acceptors (Lipinski definition) is 4. The lowest BCUT2D eigenvalue weighted by atomic mass is 9.98. The Hall–Kier alpha value is -0.680. The number of hydrogen-bond donors (Lipinski definition) is 1. The molecule has 15 heavy (non-hydrogen) atoms. The number of nitrogens with zero attached hydrogens (tertiary/aromatic N) is 3. The molecule has 4 nitrogen and oxygen atoms in total. The minimum Gasteiger partial charge on any atom is -0.396 e. The predicted molar refractivity (Wildman–Crippen MR) is 61.8 cm³/mol. The molecule has 0 radical (unpaired) electrons. The molecule has 0 saturated carbocycles. The van der Waals surface area contributed by atoms with Crippen molar-refractivity contribution in [1.82, 2.24) is 9.97 Å². The van der Waals surface area contributed by atoms with Crippen LogP contribution >= 0.6 is 15.9 Å². The van der Waals surface area contributed by atoms with E-state index < -0.39 is 0 Å². The highest BCUT2D eigenvalue weighted by atomic mass is 79.9. The molecule has 1 aromatic heterocycles. The highest BCUT2D eigenvalue weighted by molar-refractivity contribution is 9.10. The molecule has 1 aliphatic heterocycles. The molecule has 5 heteroatoms. The van der Waals surface area contributed by atoms with E-state index >= 15 is 0 Å². The standard InChI is InChI=1S/C10H14BrN3O/c11-9-5-12-7-13-10(9)14-3-1-8(6-15)2-4-14/h5,7-8,15H,1-4,6H2. The molecule has 2 rings (SSSR count). The third kappa shape index (κ3) is 2.46. The van der Waals surface area contributed by atoms with Crippen molar-refractivity contribution in [2.75, 3.05) is 24.6 Å². The molecule has 1 saturated heterocycles. The first kappa shape index (κ1) is 10.8. The monoisotopic (exact) mass is 271 g/mol. The van der Waals surface area contributed by atoms with Crippen molar-refractivity contribution in [3.05, 3.63) is 17.0 Å². The van der Waals surface area contributed by atoms with Gasteiger partial charge >= 0.3 is 0 Å². The van der Waals surface area contributed by atoms with Crippen LogP contribution in [0.3, 0.4) is 0 Å². The van der Waals surface area contributed by atoms with Crippen LogP contribution in [0.25, 0.3) is 0 Å². The summed E-state index contributed by atoms with van der Waals surface area (Å²) in [6.07, 6.45) is 5.40. The van der Waals surface area contributed by atoms with E-state index in [0.29, 0.717) is 12.5 Å². The number of anilines is 1. The summed E-state index contributed by atoms with van der Waals surface area (Å²) in [6, 6.07) is 0. The first-order valence-corrected chi connectivity index (χ1v) is 5.92. The Bertz CT molecular complexity index is 326. The third-order valence-corrected chi connectivity index (χ3v) is 3.38. The molecular formula is C10H14BrN3O. The summed E-state index contributed by atoms with van der Waals surface area (Å²) < 4.78 is 0.937. The van der Waals surface area contributed by atoms with E-state index in [1.54, 1.807) is 12.5 Å². The average Bonchev–Trinajstić information content (AvgIpc) is 2.30. The maximum absolute atomic E-state index is 9.05. The normalized spacial score (nSPS) is 18.1. The van der Waals surface area contributed by atoms with E-state index in [0.717, 1.165) is 36.2 Å². The van der Waals surface area contributed by atoms with E-state index in [9.17, 15) is 0 Å². The van der Waals surface area contributed by atoms with Crippen LogP contribution in [0.15, 0.2) is 17.0 Å². The summed E-state index contributed by atoms with van der Waals surface area (Å²) in [5, 5.41) is 9.05. The van der Waals surface area contributed by atoms with Crippen LogP contribution in [0.1, 0.15) is 12.8 Å². The summed E-state index contributed by atoms with van der Waals surface area (Å²) in [5.74, 6) is 1.42. The van der Waals surface area contributed by atoms with Crippen LogP contribution in [-0.4, -0.2) is 34.8 Å². The highest BCUT2D eigenvalue weighted by Crippen LogP contribution is 2.26. The molecule has 0 amide bonds. The molecular weight excluding hydrogens is 258 g/mol. The van der Waals surface area contributed by atoms with Gasteiger partial charge in [-0.2, -0.15) is 0 Å². The van der Waals surface area contributed by atoms with Crippen LogP contribution in [-0.2, 0) is 0 Å². The van der Waals surface area contributed by atoms with Crippen molar-refractivity contribution in [2.45, 2.75) is 12.8 Å². The minimum atomic E-state index is 0.304. The molecule has 2 heterocycles. The van der Waals surface area contributed by atoms with Crippen molar-refractivity contribution in [1.29, 1.82) is 0 Å². The van der Waals surface area contributed by atoms with Gasteiger partial charge in [0.15, 0.2) is 0 Å². The molecule has 82 valence electrons. The van der Waals surface area contributed by atoms with Gasteiger partial charge in [0, 0.05) is 25.9 Å². The lowest BCUT2D eigenvalue weighted by Crippen LogP contribution is -2.35. The van der Waals surface area contributed by atoms with E-state index in [4.69, 9.17) is 5.11 Å². The van der Waals surface area contributed by atoms with Gasteiger partial charge < -0.3 is 10.0 Å². The van der Waals surface area contributed by atoms with E-state index in [1.807, 2.05) is 0 Å². The van der Waals surface area contributed by atoms with Gasteiger partial charge in [0.2, 0.25) is 0 Å². The minimum absolute atomic E-state index is 0.304. The Morgan fingerprint density at radius 3 is 2.80 bits per heavy atom. The molecule has 1 N–H and O–H groups in total. The van der Waals surface area contributed by atoms with Gasteiger partial charge in [0.05, 0.1) is 4.47 Å². The van der Waals surface area contributed by atoms with Crippen LogP contribution in [0.4, 0.5) is 5.82 Å². The predicted octanol–water partition coefficient (Wildman–Crippen LogP) is 1.45. The topological polar surface area (TPSA) is 49.2 Å². The van der Waals surface area contributed by atoms with Gasteiger partial charge in [-0.15, -0.1) is 0 Å². The molecule has 0 spiro atoms. The smallest absolute Gasteiger partial charge is 0.146 e. The van der Waals surface area contributed by atoms with Gasteiger partial charge in [0.1, 0.15) is 12.1 Å². The molecule has 0 unspecified atom stereocenters. The fraction of sp³-hybridized carbons (Fsp3) is 0.600. The molecule has 1 aromatic rings. The third-order valence-electron chi connectivity index (χ3n) is 2.82. The summed E-state index contributed by atoms with van der Waals surface area (Å²) in [5.41, 5.74) is 0. The average molecular weight is 272 g/mol. The Morgan fingerprint density at radius 2 is 2.20 bits per heavy atom. The van der Waals surface area contributed by atoms with Crippen molar-refractivity contribution in [3.8, 4) is 0 Å². The number of rotatable bonds is 2. The zero-order valence-corrected chi connectivity index (χ0v) is 10.0. The van der Waals surface area contributed by atoms with E-state index in [-0.39, 0.29) is 0 Å². The maximum atomic E-state index is 9.05. The quantitative estimate of drug-likeness (QED) is 0.885. The van der Waals surface area contributed by atoms with Gasteiger partial charge in [-0.25, -0.2) is 9.97 Å². The van der Waals surface area contributed by atoms with Crippen molar-refractivity contribution < 1.29 is 5.11 Å². The summed E-state index contributed by atoms with van der Waals surface area (Å²) in [7, 11) is 0. The second-order valence-corrected chi connectivity index (χ2v) is 4.66. The molecule has 0 bridgehead atoms. The number of aliphatic hydroxyl groups excluding tert-OH is 1. The first-order valence-electron chi connectivity index (χ1n) is 5.12. The van der Waals surface area contributed by atoms with Crippen LogP contribution in [0.2, 0.25) is 0 Å². The number of aliphatic hydroxyl groups is 1. The second kappa shape index (κ2) is 4.90. The Labute approximate surface area is 97.5 Å². The van der Waals surface area contributed by atoms with Crippen molar-refractivity contribution >= 4 is 21.7 Å². The van der Waals surface area contributed by atoms with Gasteiger partial charge in [-0.3, -0.25) is 0 Å².